The smallest absolute Gasteiger partial charge is 0.272 e. The standard InChI is InChI=1S/C21H29N3O3S/c1-14-9-8-12-24(13-14)28(26,27)20-16(3)19(23(5)17(20)4)21(25)22-18-11-7-6-10-15(18)2/h6-7,10-11,14H,8-9,12-13H2,1-5H3,(H,22,25)/t14-/m0/s1. The quantitative estimate of drug-likeness (QED) is 0.847. The minimum atomic E-state index is -3.64. The van der Waals surface area contributed by atoms with Crippen molar-refractivity contribution in [2.45, 2.75) is 45.4 Å². The molecule has 3 rings (SSSR count). The molecule has 28 heavy (non-hydrogen) atoms. The predicted molar refractivity (Wildman–Crippen MR) is 111 cm³/mol. The Morgan fingerprint density at radius 3 is 2.50 bits per heavy atom. The van der Waals surface area contributed by atoms with E-state index in [1.165, 1.54) is 0 Å². The maximum absolute atomic E-state index is 13.4. The van der Waals surface area contributed by atoms with Crippen molar-refractivity contribution < 1.29 is 13.2 Å². The summed E-state index contributed by atoms with van der Waals surface area (Å²) in [7, 11) is -1.90. The SMILES string of the molecule is Cc1ccccc1NC(=O)c1c(C)c(S(=O)(=O)N2CCC[C@H](C)C2)c(C)n1C. The molecule has 2 heterocycles. The summed E-state index contributed by atoms with van der Waals surface area (Å²) in [4.78, 5) is 13.3. The van der Waals surface area contributed by atoms with E-state index >= 15 is 0 Å². The van der Waals surface area contributed by atoms with Crippen LogP contribution in [0.25, 0.3) is 0 Å². The van der Waals surface area contributed by atoms with Gasteiger partial charge in [-0.25, -0.2) is 8.42 Å². The molecule has 1 saturated heterocycles. The highest BCUT2D eigenvalue weighted by Crippen LogP contribution is 2.31. The average molecular weight is 404 g/mol. The third-order valence-electron chi connectivity index (χ3n) is 5.69. The highest BCUT2D eigenvalue weighted by molar-refractivity contribution is 7.89. The number of carbonyl (C=O) groups is 1. The minimum absolute atomic E-state index is 0.263. The minimum Gasteiger partial charge on any atom is -0.342 e. The second-order valence-corrected chi connectivity index (χ2v) is 9.70. The van der Waals surface area contributed by atoms with Gasteiger partial charge in [0.25, 0.3) is 5.91 Å². The number of para-hydroxylation sites is 1. The van der Waals surface area contributed by atoms with Crippen molar-refractivity contribution >= 4 is 21.6 Å². The molecule has 1 aliphatic rings. The lowest BCUT2D eigenvalue weighted by Gasteiger charge is -2.30. The molecule has 2 aromatic rings. The predicted octanol–water partition coefficient (Wildman–Crippen LogP) is 3.62. The van der Waals surface area contributed by atoms with Gasteiger partial charge in [-0.15, -0.1) is 0 Å². The Labute approximate surface area is 167 Å². The monoisotopic (exact) mass is 403 g/mol. The molecule has 0 unspecified atom stereocenters. The molecule has 0 radical (unpaired) electrons. The number of sulfonamides is 1. The summed E-state index contributed by atoms with van der Waals surface area (Å²) in [5.41, 5.74) is 3.15. The molecular formula is C21H29N3O3S. The fourth-order valence-electron chi connectivity index (χ4n) is 4.04. The summed E-state index contributed by atoms with van der Waals surface area (Å²) >= 11 is 0. The zero-order chi connectivity index (χ0) is 20.6. The molecule has 1 amide bonds. The van der Waals surface area contributed by atoms with Gasteiger partial charge in [0.2, 0.25) is 10.0 Å². The molecular weight excluding hydrogens is 374 g/mol. The average Bonchev–Trinajstić information content (AvgIpc) is 2.86. The number of hydrogen-bond donors (Lipinski definition) is 1. The molecule has 1 fully saturated rings. The highest BCUT2D eigenvalue weighted by Gasteiger charge is 2.35. The third-order valence-corrected chi connectivity index (χ3v) is 7.82. The van der Waals surface area contributed by atoms with Gasteiger partial charge in [-0.05, 0) is 51.2 Å². The summed E-state index contributed by atoms with van der Waals surface area (Å²) in [6, 6.07) is 7.53. The van der Waals surface area contributed by atoms with E-state index in [1.54, 1.807) is 29.8 Å². The first-order valence-corrected chi connectivity index (χ1v) is 11.1. The van der Waals surface area contributed by atoms with Crippen molar-refractivity contribution in [3.63, 3.8) is 0 Å². The van der Waals surface area contributed by atoms with Gasteiger partial charge >= 0.3 is 0 Å². The first-order chi connectivity index (χ1) is 13.1. The van der Waals surface area contributed by atoms with E-state index in [2.05, 4.69) is 12.2 Å². The van der Waals surface area contributed by atoms with Gasteiger partial charge in [0.05, 0.1) is 0 Å². The van der Waals surface area contributed by atoms with E-state index in [4.69, 9.17) is 0 Å². The Morgan fingerprint density at radius 2 is 1.86 bits per heavy atom. The van der Waals surface area contributed by atoms with Crippen LogP contribution in [-0.4, -0.2) is 36.3 Å². The van der Waals surface area contributed by atoms with Crippen LogP contribution < -0.4 is 5.32 Å². The van der Waals surface area contributed by atoms with Gasteiger partial charge in [-0.3, -0.25) is 4.79 Å². The van der Waals surface area contributed by atoms with Crippen LogP contribution >= 0.6 is 0 Å². The summed E-state index contributed by atoms with van der Waals surface area (Å²) in [5, 5.41) is 2.92. The number of rotatable bonds is 4. The second kappa shape index (κ2) is 7.72. The molecule has 1 aromatic heterocycles. The Balaban J connectivity index is 2.00. The van der Waals surface area contributed by atoms with E-state index in [-0.39, 0.29) is 10.8 Å². The highest BCUT2D eigenvalue weighted by atomic mass is 32.2. The van der Waals surface area contributed by atoms with Crippen LogP contribution in [0.2, 0.25) is 0 Å². The fraction of sp³-hybridized carbons (Fsp3) is 0.476. The molecule has 1 N–H and O–H groups in total. The molecule has 7 heteroatoms. The third kappa shape index (κ3) is 3.61. The van der Waals surface area contributed by atoms with E-state index in [9.17, 15) is 13.2 Å². The van der Waals surface area contributed by atoms with Crippen LogP contribution in [0.1, 0.15) is 47.1 Å². The van der Waals surface area contributed by atoms with Gasteiger partial charge in [0, 0.05) is 37.1 Å². The number of piperidine rings is 1. The first kappa shape index (κ1) is 20.6. The maximum atomic E-state index is 13.4. The number of nitrogens with zero attached hydrogens (tertiary/aromatic N) is 2. The number of carbonyl (C=O) groups excluding carboxylic acids is 1. The molecule has 0 spiro atoms. The van der Waals surface area contributed by atoms with Crippen molar-refractivity contribution in [3.05, 3.63) is 46.8 Å². The van der Waals surface area contributed by atoms with Gasteiger partial charge in [0.15, 0.2) is 0 Å². The molecule has 1 atom stereocenters. The lowest BCUT2D eigenvalue weighted by atomic mass is 10.0. The lowest BCUT2D eigenvalue weighted by Crippen LogP contribution is -2.39. The topological polar surface area (TPSA) is 71.4 Å². The Morgan fingerprint density at radius 1 is 1.18 bits per heavy atom. The number of aromatic nitrogens is 1. The number of nitrogens with one attached hydrogen (secondary N) is 1. The molecule has 0 saturated carbocycles. The van der Waals surface area contributed by atoms with E-state index in [0.717, 1.165) is 24.1 Å². The Hall–Kier alpha value is -2.12. The Bertz CT molecular complexity index is 1010. The van der Waals surface area contributed by atoms with Crippen LogP contribution in [0.3, 0.4) is 0 Å². The number of benzene rings is 1. The van der Waals surface area contributed by atoms with Crippen LogP contribution in [0, 0.1) is 26.7 Å². The lowest BCUT2D eigenvalue weighted by molar-refractivity contribution is 0.101. The van der Waals surface area contributed by atoms with Crippen molar-refractivity contribution in [1.82, 2.24) is 8.87 Å². The molecule has 1 aliphatic heterocycles. The number of hydrogen-bond acceptors (Lipinski definition) is 3. The van der Waals surface area contributed by atoms with Crippen molar-refractivity contribution in [1.29, 1.82) is 0 Å². The van der Waals surface area contributed by atoms with Crippen LogP contribution in [-0.2, 0) is 17.1 Å². The first-order valence-electron chi connectivity index (χ1n) is 9.67. The van der Waals surface area contributed by atoms with Gasteiger partial charge in [-0.2, -0.15) is 4.31 Å². The largest absolute Gasteiger partial charge is 0.342 e. The van der Waals surface area contributed by atoms with Crippen molar-refractivity contribution in [3.8, 4) is 0 Å². The van der Waals surface area contributed by atoms with E-state index < -0.39 is 10.0 Å². The summed E-state index contributed by atoms with van der Waals surface area (Å²) < 4.78 is 30.0. The van der Waals surface area contributed by atoms with E-state index in [0.29, 0.717) is 36.0 Å². The molecule has 1 aromatic carbocycles. The summed E-state index contributed by atoms with van der Waals surface area (Å²) in [6.45, 7) is 8.55. The van der Waals surface area contributed by atoms with Crippen molar-refractivity contribution in [2.24, 2.45) is 13.0 Å². The van der Waals surface area contributed by atoms with Gasteiger partial charge in [0.1, 0.15) is 10.6 Å². The molecule has 6 nitrogen and oxygen atoms in total. The van der Waals surface area contributed by atoms with Crippen LogP contribution in [0.15, 0.2) is 29.2 Å². The van der Waals surface area contributed by atoms with Crippen molar-refractivity contribution in [2.75, 3.05) is 18.4 Å². The van der Waals surface area contributed by atoms with Gasteiger partial charge in [-0.1, -0.05) is 25.1 Å². The normalized spacial score (nSPS) is 18.2. The van der Waals surface area contributed by atoms with Gasteiger partial charge < -0.3 is 9.88 Å². The Kier molecular flexibility index (Phi) is 5.68. The zero-order valence-corrected chi connectivity index (χ0v) is 18.1. The number of anilines is 1. The molecule has 0 aliphatic carbocycles. The number of aryl methyl sites for hydroxylation is 1. The summed E-state index contributed by atoms with van der Waals surface area (Å²) in [6.07, 6.45) is 1.91. The fourth-order valence-corrected chi connectivity index (χ4v) is 6.11. The number of amides is 1. The summed E-state index contributed by atoms with van der Waals surface area (Å²) in [5.74, 6) is 0.0440. The van der Waals surface area contributed by atoms with Crippen LogP contribution in [0.4, 0.5) is 5.69 Å². The van der Waals surface area contributed by atoms with Crippen LogP contribution in [0.5, 0.6) is 0 Å². The molecule has 0 bridgehead atoms. The van der Waals surface area contributed by atoms with E-state index in [1.807, 2.05) is 31.2 Å². The second-order valence-electron chi connectivity index (χ2n) is 7.83. The zero-order valence-electron chi connectivity index (χ0n) is 17.2. The maximum Gasteiger partial charge on any atom is 0.272 e. The molecule has 152 valence electrons.